The molecule has 0 saturated heterocycles. The van der Waals surface area contributed by atoms with Gasteiger partial charge < -0.3 is 10.0 Å². The van der Waals surface area contributed by atoms with Gasteiger partial charge in [-0.15, -0.1) is 0 Å². The third-order valence-electron chi connectivity index (χ3n) is 5.11. The van der Waals surface area contributed by atoms with E-state index in [0.29, 0.717) is 23.7 Å². The Morgan fingerprint density at radius 1 is 1.21 bits per heavy atom. The van der Waals surface area contributed by atoms with Gasteiger partial charge in [-0.1, -0.05) is 20.8 Å². The van der Waals surface area contributed by atoms with Crippen LogP contribution in [0.25, 0.3) is 0 Å². The van der Waals surface area contributed by atoms with Crippen molar-refractivity contribution in [1.82, 2.24) is 0 Å². The van der Waals surface area contributed by atoms with Crippen LogP contribution in [0.2, 0.25) is 0 Å². The first kappa shape index (κ1) is 17.8. The van der Waals surface area contributed by atoms with Crippen molar-refractivity contribution in [2.75, 3.05) is 11.4 Å². The molecular formula is C19H23N3O2. The summed E-state index contributed by atoms with van der Waals surface area (Å²) in [6.07, 6.45) is 2.19. The number of carbonyl (C=O) groups is 1. The monoisotopic (exact) mass is 325 g/mol. The molecule has 5 nitrogen and oxygen atoms in total. The third kappa shape index (κ3) is 3.08. The molecule has 1 aromatic carbocycles. The lowest BCUT2D eigenvalue weighted by Crippen LogP contribution is -2.61. The minimum atomic E-state index is -1.13. The van der Waals surface area contributed by atoms with E-state index in [1.165, 1.54) is 0 Å². The average Bonchev–Trinajstić information content (AvgIpc) is 3.34. The summed E-state index contributed by atoms with van der Waals surface area (Å²) >= 11 is 0. The van der Waals surface area contributed by atoms with Gasteiger partial charge in [0.25, 0.3) is 0 Å². The zero-order chi connectivity index (χ0) is 18.1. The summed E-state index contributed by atoms with van der Waals surface area (Å²) < 4.78 is 0. The van der Waals surface area contributed by atoms with Crippen LogP contribution in [0.1, 0.15) is 51.7 Å². The molecule has 0 heterocycles. The van der Waals surface area contributed by atoms with E-state index in [4.69, 9.17) is 5.26 Å². The van der Waals surface area contributed by atoms with Gasteiger partial charge in [0.15, 0.2) is 0 Å². The van der Waals surface area contributed by atoms with E-state index in [9.17, 15) is 15.2 Å². The fraction of sp³-hybridized carbons (Fsp3) is 0.526. The number of nitriles is 2. The van der Waals surface area contributed by atoms with Gasteiger partial charge in [-0.2, -0.15) is 10.5 Å². The predicted molar refractivity (Wildman–Crippen MR) is 91.4 cm³/mol. The molecule has 0 aromatic heterocycles. The molecule has 0 aliphatic heterocycles. The molecule has 1 atom stereocenters. The first-order valence-electron chi connectivity index (χ1n) is 8.10. The molecule has 0 bridgehead atoms. The highest BCUT2D eigenvalue weighted by atomic mass is 16.4. The molecule has 0 unspecified atom stereocenters. The van der Waals surface area contributed by atoms with Gasteiger partial charge in [0.2, 0.25) is 0 Å². The van der Waals surface area contributed by atoms with Gasteiger partial charge in [0.1, 0.15) is 17.7 Å². The van der Waals surface area contributed by atoms with Crippen molar-refractivity contribution >= 4 is 11.7 Å². The normalized spacial score (nSPS) is 16.6. The van der Waals surface area contributed by atoms with Crippen LogP contribution in [0.15, 0.2) is 18.2 Å². The SMILES string of the molecule is CC(C)(C)[C@](C)(C(=O)O)N(CC1CC1)c1ccc(C#N)c(C#N)c1. The second-order valence-electron chi connectivity index (χ2n) is 7.63. The highest BCUT2D eigenvalue weighted by molar-refractivity contribution is 5.84. The molecule has 0 spiro atoms. The Bertz CT molecular complexity index is 732. The number of anilines is 1. The predicted octanol–water partition coefficient (Wildman–Crippen LogP) is 3.54. The second kappa shape index (κ2) is 6.17. The molecule has 1 aliphatic carbocycles. The van der Waals surface area contributed by atoms with E-state index < -0.39 is 16.9 Å². The molecule has 0 amide bonds. The van der Waals surface area contributed by atoms with Crippen LogP contribution in [0.5, 0.6) is 0 Å². The fourth-order valence-electron chi connectivity index (χ4n) is 2.84. The molecule has 1 fully saturated rings. The van der Waals surface area contributed by atoms with Gasteiger partial charge in [0.05, 0.1) is 11.1 Å². The smallest absolute Gasteiger partial charge is 0.329 e. The molecule has 0 radical (unpaired) electrons. The summed E-state index contributed by atoms with van der Waals surface area (Å²) in [5.74, 6) is -0.411. The molecule has 1 saturated carbocycles. The van der Waals surface area contributed by atoms with Crippen LogP contribution in [0, 0.1) is 34.0 Å². The van der Waals surface area contributed by atoms with Crippen molar-refractivity contribution in [2.45, 2.75) is 46.1 Å². The number of benzene rings is 1. The molecule has 1 aliphatic rings. The van der Waals surface area contributed by atoms with Crippen molar-refractivity contribution < 1.29 is 9.90 Å². The number of hydrogen-bond donors (Lipinski definition) is 1. The Morgan fingerprint density at radius 3 is 2.21 bits per heavy atom. The van der Waals surface area contributed by atoms with Crippen LogP contribution in [-0.4, -0.2) is 23.2 Å². The summed E-state index contributed by atoms with van der Waals surface area (Å²) in [7, 11) is 0. The highest BCUT2D eigenvalue weighted by Crippen LogP contribution is 2.42. The van der Waals surface area contributed by atoms with Crippen LogP contribution < -0.4 is 4.90 Å². The molecule has 2 rings (SSSR count). The van der Waals surface area contributed by atoms with E-state index in [1.807, 2.05) is 37.8 Å². The number of aliphatic carboxylic acids is 1. The number of hydrogen-bond acceptors (Lipinski definition) is 4. The highest BCUT2D eigenvalue weighted by Gasteiger charge is 2.50. The molecular weight excluding hydrogens is 302 g/mol. The maximum Gasteiger partial charge on any atom is 0.329 e. The van der Waals surface area contributed by atoms with E-state index in [1.54, 1.807) is 25.1 Å². The van der Waals surface area contributed by atoms with Gasteiger partial charge in [-0.25, -0.2) is 4.79 Å². The van der Waals surface area contributed by atoms with Crippen molar-refractivity contribution in [3.63, 3.8) is 0 Å². The first-order valence-corrected chi connectivity index (χ1v) is 8.10. The zero-order valence-electron chi connectivity index (χ0n) is 14.6. The van der Waals surface area contributed by atoms with Crippen molar-refractivity contribution in [2.24, 2.45) is 11.3 Å². The standard InChI is InChI=1S/C19H23N3O2/c1-18(2,3)19(4,17(23)24)22(12-13-5-6-13)16-8-7-14(10-20)15(9-16)11-21/h7-9,13H,5-6,12H2,1-4H3,(H,23,24)/t19-/m0/s1. The molecule has 24 heavy (non-hydrogen) atoms. The molecule has 5 heteroatoms. The van der Waals surface area contributed by atoms with E-state index in [2.05, 4.69) is 0 Å². The summed E-state index contributed by atoms with van der Waals surface area (Å²) in [6, 6.07) is 9.01. The van der Waals surface area contributed by atoms with Crippen molar-refractivity contribution in [3.05, 3.63) is 29.3 Å². The summed E-state index contributed by atoms with van der Waals surface area (Å²) in [4.78, 5) is 14.1. The number of carboxylic acid groups (broad SMARTS) is 1. The van der Waals surface area contributed by atoms with E-state index >= 15 is 0 Å². The van der Waals surface area contributed by atoms with E-state index in [0.717, 1.165) is 12.8 Å². The molecule has 126 valence electrons. The molecule has 1 aromatic rings. The minimum absolute atomic E-state index is 0.275. The number of carboxylic acids is 1. The van der Waals surface area contributed by atoms with Crippen LogP contribution in [0.4, 0.5) is 5.69 Å². The largest absolute Gasteiger partial charge is 0.479 e. The first-order chi connectivity index (χ1) is 11.1. The number of rotatable bonds is 5. The topological polar surface area (TPSA) is 88.1 Å². The Morgan fingerprint density at radius 2 is 1.79 bits per heavy atom. The van der Waals surface area contributed by atoms with Crippen molar-refractivity contribution in [3.8, 4) is 12.1 Å². The van der Waals surface area contributed by atoms with Crippen LogP contribution >= 0.6 is 0 Å². The quantitative estimate of drug-likeness (QED) is 0.894. The van der Waals surface area contributed by atoms with Gasteiger partial charge >= 0.3 is 5.97 Å². The third-order valence-corrected chi connectivity index (χ3v) is 5.11. The lowest BCUT2D eigenvalue weighted by molar-refractivity contribution is -0.147. The van der Waals surface area contributed by atoms with Gasteiger partial charge in [0, 0.05) is 12.2 Å². The Hall–Kier alpha value is -2.53. The minimum Gasteiger partial charge on any atom is -0.479 e. The van der Waals surface area contributed by atoms with Gasteiger partial charge in [-0.05, 0) is 49.3 Å². The fourth-order valence-corrected chi connectivity index (χ4v) is 2.84. The maximum absolute atomic E-state index is 12.2. The second-order valence-corrected chi connectivity index (χ2v) is 7.63. The number of nitrogens with zero attached hydrogens (tertiary/aromatic N) is 3. The van der Waals surface area contributed by atoms with Crippen LogP contribution in [0.3, 0.4) is 0 Å². The Labute approximate surface area is 143 Å². The zero-order valence-corrected chi connectivity index (χ0v) is 14.6. The Balaban J connectivity index is 2.59. The molecule has 1 N–H and O–H groups in total. The lowest BCUT2D eigenvalue weighted by atomic mass is 9.73. The van der Waals surface area contributed by atoms with Gasteiger partial charge in [-0.3, -0.25) is 0 Å². The summed E-state index contributed by atoms with van der Waals surface area (Å²) in [6.45, 7) is 8.11. The van der Waals surface area contributed by atoms with Crippen molar-refractivity contribution in [1.29, 1.82) is 10.5 Å². The van der Waals surface area contributed by atoms with Crippen LogP contribution in [-0.2, 0) is 4.79 Å². The maximum atomic E-state index is 12.2. The lowest BCUT2D eigenvalue weighted by Gasteiger charge is -2.48. The summed E-state index contributed by atoms with van der Waals surface area (Å²) in [5, 5.41) is 28.4. The Kier molecular flexibility index (Phi) is 4.58. The average molecular weight is 325 g/mol. The summed E-state index contributed by atoms with van der Waals surface area (Å²) in [5.41, 5.74) is -0.389. The van der Waals surface area contributed by atoms with E-state index in [-0.39, 0.29) is 5.56 Å².